The van der Waals surface area contributed by atoms with Crippen LogP contribution in [-0.2, 0) is 6.42 Å². The van der Waals surface area contributed by atoms with Gasteiger partial charge in [0.1, 0.15) is 18.1 Å². The standard InChI is InChI=1S/C19H26O2/c1-15(2)6-4-7-16(3)11-13-20-18-10-9-17-8-5-12-21-19(17)14-18/h6,9-11,14H,4-5,7-8,12-13H2,1-3H3. The minimum Gasteiger partial charge on any atom is -0.493 e. The first-order valence-electron chi connectivity index (χ1n) is 7.82. The lowest BCUT2D eigenvalue weighted by atomic mass is 10.1. The van der Waals surface area contributed by atoms with Gasteiger partial charge in [0.25, 0.3) is 0 Å². The van der Waals surface area contributed by atoms with Gasteiger partial charge in [0, 0.05) is 6.07 Å². The Labute approximate surface area is 128 Å². The number of aryl methyl sites for hydroxylation is 1. The molecule has 1 heterocycles. The molecule has 2 heteroatoms. The van der Waals surface area contributed by atoms with Crippen LogP contribution in [0, 0.1) is 0 Å². The van der Waals surface area contributed by atoms with Crippen molar-refractivity contribution in [3.63, 3.8) is 0 Å². The second kappa shape index (κ2) is 7.92. The molecule has 0 bridgehead atoms. The van der Waals surface area contributed by atoms with Crippen molar-refractivity contribution in [3.8, 4) is 11.5 Å². The molecular weight excluding hydrogens is 260 g/mol. The van der Waals surface area contributed by atoms with Crippen LogP contribution in [0.25, 0.3) is 0 Å². The fraction of sp³-hybridized carbons (Fsp3) is 0.474. The van der Waals surface area contributed by atoms with Gasteiger partial charge in [-0.3, -0.25) is 0 Å². The maximum absolute atomic E-state index is 5.80. The summed E-state index contributed by atoms with van der Waals surface area (Å²) in [5.41, 5.74) is 4.05. The van der Waals surface area contributed by atoms with Gasteiger partial charge in [-0.15, -0.1) is 0 Å². The van der Waals surface area contributed by atoms with Crippen molar-refractivity contribution in [1.29, 1.82) is 0 Å². The van der Waals surface area contributed by atoms with Crippen molar-refractivity contribution in [2.24, 2.45) is 0 Å². The number of hydrogen-bond donors (Lipinski definition) is 0. The second-order valence-electron chi connectivity index (χ2n) is 5.90. The van der Waals surface area contributed by atoms with Gasteiger partial charge in [0.05, 0.1) is 6.61 Å². The van der Waals surface area contributed by atoms with Gasteiger partial charge in [-0.2, -0.15) is 0 Å². The number of fused-ring (bicyclic) bond motifs is 1. The molecule has 1 aromatic rings. The third kappa shape index (κ3) is 5.30. The van der Waals surface area contributed by atoms with E-state index < -0.39 is 0 Å². The molecule has 0 radical (unpaired) electrons. The molecule has 0 saturated heterocycles. The zero-order valence-electron chi connectivity index (χ0n) is 13.4. The van der Waals surface area contributed by atoms with Crippen molar-refractivity contribution in [3.05, 3.63) is 47.1 Å². The molecule has 1 aromatic carbocycles. The van der Waals surface area contributed by atoms with Crippen LogP contribution in [0.5, 0.6) is 11.5 Å². The SMILES string of the molecule is CC(C)=CCCC(C)=CCOc1ccc2c(c1)OCCC2. The Morgan fingerprint density at radius 3 is 2.90 bits per heavy atom. The van der Waals surface area contributed by atoms with E-state index >= 15 is 0 Å². The Kier molecular flexibility index (Phi) is 5.91. The smallest absolute Gasteiger partial charge is 0.126 e. The van der Waals surface area contributed by atoms with Crippen LogP contribution in [0.15, 0.2) is 41.5 Å². The Balaban J connectivity index is 1.81. The van der Waals surface area contributed by atoms with Gasteiger partial charge in [0.2, 0.25) is 0 Å². The molecule has 114 valence electrons. The monoisotopic (exact) mass is 286 g/mol. The molecule has 0 fully saturated rings. The number of allylic oxidation sites excluding steroid dienone is 3. The Bertz CT molecular complexity index is 522. The minimum atomic E-state index is 0.624. The van der Waals surface area contributed by atoms with E-state index in [1.54, 1.807) is 0 Å². The second-order valence-corrected chi connectivity index (χ2v) is 5.90. The summed E-state index contributed by atoms with van der Waals surface area (Å²) in [5.74, 6) is 1.88. The van der Waals surface area contributed by atoms with E-state index in [1.807, 2.05) is 12.1 Å². The van der Waals surface area contributed by atoms with Crippen LogP contribution in [0.3, 0.4) is 0 Å². The van der Waals surface area contributed by atoms with Crippen LogP contribution in [-0.4, -0.2) is 13.2 Å². The molecule has 2 rings (SSSR count). The summed E-state index contributed by atoms with van der Waals surface area (Å²) < 4.78 is 11.5. The third-order valence-electron chi connectivity index (χ3n) is 3.66. The fourth-order valence-corrected chi connectivity index (χ4v) is 2.38. The van der Waals surface area contributed by atoms with Crippen molar-refractivity contribution in [1.82, 2.24) is 0 Å². The highest BCUT2D eigenvalue weighted by Crippen LogP contribution is 2.29. The normalized spacial score (nSPS) is 14.1. The maximum Gasteiger partial charge on any atom is 0.126 e. The summed E-state index contributed by atoms with van der Waals surface area (Å²) in [5, 5.41) is 0. The average Bonchev–Trinajstić information content (AvgIpc) is 2.47. The van der Waals surface area contributed by atoms with Gasteiger partial charge in [-0.05, 0) is 64.2 Å². The molecule has 0 N–H and O–H groups in total. The first kappa shape index (κ1) is 15.7. The lowest BCUT2D eigenvalue weighted by molar-refractivity contribution is 0.284. The van der Waals surface area contributed by atoms with Gasteiger partial charge < -0.3 is 9.47 Å². The number of ether oxygens (including phenoxy) is 2. The molecular formula is C19H26O2. The van der Waals surface area contributed by atoms with Crippen molar-refractivity contribution in [2.75, 3.05) is 13.2 Å². The number of benzene rings is 1. The van der Waals surface area contributed by atoms with Gasteiger partial charge in [-0.1, -0.05) is 23.3 Å². The first-order chi connectivity index (χ1) is 10.1. The molecule has 1 aliphatic rings. The molecule has 21 heavy (non-hydrogen) atoms. The summed E-state index contributed by atoms with van der Waals surface area (Å²) in [6, 6.07) is 6.18. The molecule has 2 nitrogen and oxygen atoms in total. The number of hydrogen-bond acceptors (Lipinski definition) is 2. The molecule has 0 atom stereocenters. The summed E-state index contributed by atoms with van der Waals surface area (Å²) in [4.78, 5) is 0. The van der Waals surface area contributed by atoms with E-state index in [9.17, 15) is 0 Å². The van der Waals surface area contributed by atoms with Crippen molar-refractivity contribution < 1.29 is 9.47 Å². The molecule has 0 aliphatic carbocycles. The third-order valence-corrected chi connectivity index (χ3v) is 3.66. The van der Waals surface area contributed by atoms with E-state index in [0.29, 0.717) is 6.61 Å². The lowest BCUT2D eigenvalue weighted by Crippen LogP contribution is -2.08. The van der Waals surface area contributed by atoms with Gasteiger partial charge in [-0.25, -0.2) is 0 Å². The fourth-order valence-electron chi connectivity index (χ4n) is 2.38. The van der Waals surface area contributed by atoms with Crippen molar-refractivity contribution in [2.45, 2.75) is 46.5 Å². The van der Waals surface area contributed by atoms with E-state index in [2.05, 4.69) is 39.0 Å². The highest BCUT2D eigenvalue weighted by molar-refractivity contribution is 5.41. The zero-order chi connectivity index (χ0) is 15.1. The molecule has 1 aliphatic heterocycles. The topological polar surface area (TPSA) is 18.5 Å². The molecule has 0 amide bonds. The first-order valence-corrected chi connectivity index (χ1v) is 7.82. The Morgan fingerprint density at radius 2 is 2.10 bits per heavy atom. The maximum atomic E-state index is 5.80. The summed E-state index contributed by atoms with van der Waals surface area (Å²) >= 11 is 0. The summed E-state index contributed by atoms with van der Waals surface area (Å²) in [7, 11) is 0. The highest BCUT2D eigenvalue weighted by Gasteiger charge is 2.10. The van der Waals surface area contributed by atoms with Crippen LogP contribution >= 0.6 is 0 Å². The Morgan fingerprint density at radius 1 is 1.24 bits per heavy atom. The molecule has 0 saturated carbocycles. The van der Waals surface area contributed by atoms with Crippen LogP contribution in [0.2, 0.25) is 0 Å². The minimum absolute atomic E-state index is 0.624. The Hall–Kier alpha value is -1.70. The largest absolute Gasteiger partial charge is 0.493 e. The van der Waals surface area contributed by atoms with E-state index in [0.717, 1.165) is 43.8 Å². The lowest BCUT2D eigenvalue weighted by Gasteiger charge is -2.17. The van der Waals surface area contributed by atoms with Gasteiger partial charge >= 0.3 is 0 Å². The molecule has 0 unspecified atom stereocenters. The number of rotatable bonds is 6. The van der Waals surface area contributed by atoms with Crippen molar-refractivity contribution >= 4 is 0 Å². The van der Waals surface area contributed by atoms with Crippen LogP contribution in [0.1, 0.15) is 45.6 Å². The quantitative estimate of drug-likeness (QED) is 0.679. The van der Waals surface area contributed by atoms with Crippen LogP contribution in [0.4, 0.5) is 0 Å². The highest BCUT2D eigenvalue weighted by atomic mass is 16.5. The summed E-state index contributed by atoms with van der Waals surface area (Å²) in [6.07, 6.45) is 8.87. The van der Waals surface area contributed by atoms with E-state index in [1.165, 1.54) is 16.7 Å². The van der Waals surface area contributed by atoms with Gasteiger partial charge in [0.15, 0.2) is 0 Å². The zero-order valence-corrected chi connectivity index (χ0v) is 13.4. The predicted octanol–water partition coefficient (Wildman–Crippen LogP) is 5.08. The average molecular weight is 286 g/mol. The summed E-state index contributed by atoms with van der Waals surface area (Å²) in [6.45, 7) is 7.89. The molecule has 0 aromatic heterocycles. The van der Waals surface area contributed by atoms with Crippen LogP contribution < -0.4 is 9.47 Å². The van der Waals surface area contributed by atoms with E-state index in [-0.39, 0.29) is 0 Å². The predicted molar refractivity (Wildman–Crippen MR) is 88.2 cm³/mol. The van der Waals surface area contributed by atoms with E-state index in [4.69, 9.17) is 9.47 Å². The molecule has 0 spiro atoms.